The van der Waals surface area contributed by atoms with Crippen molar-refractivity contribution in [3.8, 4) is 5.75 Å². The SMILES string of the molecule is CCOc1ccc(SCC(=O)N(C)C(CC)C(=O)O)cc1. The third-order valence-corrected chi connectivity index (χ3v) is 4.03. The van der Waals surface area contributed by atoms with E-state index in [4.69, 9.17) is 9.84 Å². The molecule has 0 heterocycles. The molecule has 0 aliphatic carbocycles. The highest BCUT2D eigenvalue weighted by atomic mass is 32.2. The second-order valence-corrected chi connectivity index (χ2v) is 5.51. The Morgan fingerprint density at radius 2 is 1.90 bits per heavy atom. The van der Waals surface area contributed by atoms with E-state index in [1.807, 2.05) is 31.2 Å². The second-order valence-electron chi connectivity index (χ2n) is 4.46. The zero-order valence-corrected chi connectivity index (χ0v) is 13.4. The summed E-state index contributed by atoms with van der Waals surface area (Å²) in [4.78, 5) is 25.3. The molecule has 1 unspecified atom stereocenters. The van der Waals surface area contributed by atoms with Gasteiger partial charge in [-0.3, -0.25) is 4.79 Å². The number of benzene rings is 1. The van der Waals surface area contributed by atoms with Gasteiger partial charge in [0.1, 0.15) is 11.8 Å². The van der Waals surface area contributed by atoms with Crippen LogP contribution in [0.3, 0.4) is 0 Å². The summed E-state index contributed by atoms with van der Waals surface area (Å²) in [5.41, 5.74) is 0. The summed E-state index contributed by atoms with van der Waals surface area (Å²) < 4.78 is 5.35. The van der Waals surface area contributed by atoms with Crippen LogP contribution in [0.2, 0.25) is 0 Å². The van der Waals surface area contributed by atoms with Gasteiger partial charge in [-0.05, 0) is 37.6 Å². The molecular formula is C15H21NO4S. The van der Waals surface area contributed by atoms with E-state index in [1.54, 1.807) is 6.92 Å². The highest BCUT2D eigenvalue weighted by Gasteiger charge is 2.24. The molecule has 0 fully saturated rings. The first-order valence-corrected chi connectivity index (χ1v) is 7.82. The van der Waals surface area contributed by atoms with Gasteiger partial charge in [-0.2, -0.15) is 0 Å². The van der Waals surface area contributed by atoms with E-state index in [2.05, 4.69) is 0 Å². The molecule has 5 nitrogen and oxygen atoms in total. The molecule has 0 spiro atoms. The summed E-state index contributed by atoms with van der Waals surface area (Å²) in [6.07, 6.45) is 0.394. The number of carboxylic acid groups (broad SMARTS) is 1. The van der Waals surface area contributed by atoms with Gasteiger partial charge >= 0.3 is 5.97 Å². The van der Waals surface area contributed by atoms with Crippen LogP contribution in [-0.2, 0) is 9.59 Å². The maximum absolute atomic E-state index is 12.0. The summed E-state index contributed by atoms with van der Waals surface area (Å²) >= 11 is 1.38. The number of rotatable bonds is 8. The van der Waals surface area contributed by atoms with Crippen LogP contribution in [0.5, 0.6) is 5.75 Å². The highest BCUT2D eigenvalue weighted by molar-refractivity contribution is 8.00. The van der Waals surface area contributed by atoms with E-state index in [0.717, 1.165) is 10.6 Å². The molecule has 21 heavy (non-hydrogen) atoms. The normalized spacial score (nSPS) is 11.8. The van der Waals surface area contributed by atoms with Crippen LogP contribution in [0.25, 0.3) is 0 Å². The Balaban J connectivity index is 2.53. The topological polar surface area (TPSA) is 66.8 Å². The van der Waals surface area contributed by atoms with E-state index in [-0.39, 0.29) is 11.7 Å². The molecule has 1 rings (SSSR count). The third-order valence-electron chi connectivity index (χ3n) is 3.03. The molecule has 1 amide bonds. The van der Waals surface area contributed by atoms with Crippen molar-refractivity contribution in [2.24, 2.45) is 0 Å². The fourth-order valence-corrected chi connectivity index (χ4v) is 2.66. The number of carbonyl (C=O) groups is 2. The van der Waals surface area contributed by atoms with E-state index < -0.39 is 12.0 Å². The smallest absolute Gasteiger partial charge is 0.326 e. The standard InChI is InChI=1S/C15H21NO4S/c1-4-13(15(18)19)16(3)14(17)10-21-12-8-6-11(7-9-12)20-5-2/h6-9,13H,4-5,10H2,1-3H3,(H,18,19). The molecular weight excluding hydrogens is 290 g/mol. The molecule has 6 heteroatoms. The van der Waals surface area contributed by atoms with Crippen molar-refractivity contribution < 1.29 is 19.4 Å². The van der Waals surface area contributed by atoms with E-state index in [1.165, 1.54) is 23.7 Å². The van der Waals surface area contributed by atoms with Crippen LogP contribution >= 0.6 is 11.8 Å². The lowest BCUT2D eigenvalue weighted by molar-refractivity contribution is -0.148. The second kappa shape index (κ2) is 8.56. The average molecular weight is 311 g/mol. The lowest BCUT2D eigenvalue weighted by Crippen LogP contribution is -2.42. The first-order valence-electron chi connectivity index (χ1n) is 6.83. The maximum Gasteiger partial charge on any atom is 0.326 e. The van der Waals surface area contributed by atoms with Crippen LogP contribution in [0.4, 0.5) is 0 Å². The molecule has 1 aromatic carbocycles. The molecule has 1 N–H and O–H groups in total. The number of carboxylic acids is 1. The summed E-state index contributed by atoms with van der Waals surface area (Å²) in [5, 5.41) is 9.04. The summed E-state index contributed by atoms with van der Waals surface area (Å²) in [6.45, 7) is 4.29. The Morgan fingerprint density at radius 3 is 2.38 bits per heavy atom. The maximum atomic E-state index is 12.0. The molecule has 1 atom stereocenters. The highest BCUT2D eigenvalue weighted by Crippen LogP contribution is 2.22. The largest absolute Gasteiger partial charge is 0.494 e. The molecule has 0 saturated heterocycles. The first-order chi connectivity index (χ1) is 9.99. The molecule has 0 bridgehead atoms. The predicted octanol–water partition coefficient (Wildman–Crippen LogP) is 2.50. The Bertz CT molecular complexity index is 475. The molecule has 1 aromatic rings. The van der Waals surface area contributed by atoms with Gasteiger partial charge in [-0.15, -0.1) is 11.8 Å². The molecule has 0 radical (unpaired) electrons. The summed E-state index contributed by atoms with van der Waals surface area (Å²) in [5.74, 6) is -0.154. The van der Waals surface area contributed by atoms with Gasteiger partial charge in [-0.1, -0.05) is 6.92 Å². The van der Waals surface area contributed by atoms with Crippen LogP contribution in [0.1, 0.15) is 20.3 Å². The Hall–Kier alpha value is -1.69. The molecule has 116 valence electrons. The predicted molar refractivity (Wildman–Crippen MR) is 82.8 cm³/mol. The third kappa shape index (κ3) is 5.30. The number of carbonyl (C=O) groups excluding carboxylic acids is 1. The van der Waals surface area contributed by atoms with E-state index in [0.29, 0.717) is 13.0 Å². The zero-order valence-electron chi connectivity index (χ0n) is 12.5. The van der Waals surface area contributed by atoms with Crippen molar-refractivity contribution in [1.82, 2.24) is 4.90 Å². The van der Waals surface area contributed by atoms with Crippen LogP contribution in [-0.4, -0.2) is 47.3 Å². The molecule has 0 aromatic heterocycles. The fraction of sp³-hybridized carbons (Fsp3) is 0.467. The minimum Gasteiger partial charge on any atom is -0.494 e. The Morgan fingerprint density at radius 1 is 1.29 bits per heavy atom. The average Bonchev–Trinajstić information content (AvgIpc) is 2.46. The van der Waals surface area contributed by atoms with Crippen molar-refractivity contribution in [2.45, 2.75) is 31.2 Å². The zero-order chi connectivity index (χ0) is 15.8. The van der Waals surface area contributed by atoms with Crippen LogP contribution < -0.4 is 4.74 Å². The van der Waals surface area contributed by atoms with Crippen molar-refractivity contribution in [1.29, 1.82) is 0 Å². The van der Waals surface area contributed by atoms with Gasteiger partial charge in [0.15, 0.2) is 0 Å². The van der Waals surface area contributed by atoms with Gasteiger partial charge in [0.25, 0.3) is 0 Å². The lowest BCUT2D eigenvalue weighted by atomic mass is 10.2. The van der Waals surface area contributed by atoms with Crippen molar-refractivity contribution >= 4 is 23.6 Å². The van der Waals surface area contributed by atoms with Crippen molar-refractivity contribution in [3.63, 3.8) is 0 Å². The number of amides is 1. The minimum absolute atomic E-state index is 0.192. The van der Waals surface area contributed by atoms with Gasteiger partial charge in [-0.25, -0.2) is 4.79 Å². The van der Waals surface area contributed by atoms with Gasteiger partial charge in [0.2, 0.25) is 5.91 Å². The van der Waals surface area contributed by atoms with Gasteiger partial charge in [0.05, 0.1) is 12.4 Å². The first kappa shape index (κ1) is 17.4. The fourth-order valence-electron chi connectivity index (χ4n) is 1.83. The Labute approximate surface area is 129 Å². The number of hydrogen-bond acceptors (Lipinski definition) is 4. The minimum atomic E-state index is -0.973. The quantitative estimate of drug-likeness (QED) is 0.747. The number of nitrogens with zero attached hydrogens (tertiary/aromatic N) is 1. The van der Waals surface area contributed by atoms with Crippen molar-refractivity contribution in [3.05, 3.63) is 24.3 Å². The molecule has 0 aliphatic heterocycles. The van der Waals surface area contributed by atoms with Crippen molar-refractivity contribution in [2.75, 3.05) is 19.4 Å². The molecule has 0 saturated carbocycles. The van der Waals surface area contributed by atoms with Gasteiger partial charge in [0, 0.05) is 11.9 Å². The van der Waals surface area contributed by atoms with Crippen LogP contribution in [0.15, 0.2) is 29.2 Å². The number of likely N-dealkylation sites (N-methyl/N-ethyl adjacent to an activating group) is 1. The van der Waals surface area contributed by atoms with Gasteiger partial charge < -0.3 is 14.7 Å². The van der Waals surface area contributed by atoms with Crippen LogP contribution in [0, 0.1) is 0 Å². The number of hydrogen-bond donors (Lipinski definition) is 1. The van der Waals surface area contributed by atoms with E-state index >= 15 is 0 Å². The summed E-state index contributed by atoms with van der Waals surface area (Å²) in [6, 6.07) is 6.71. The summed E-state index contributed by atoms with van der Waals surface area (Å²) in [7, 11) is 1.53. The van der Waals surface area contributed by atoms with E-state index in [9.17, 15) is 9.59 Å². The number of thioether (sulfide) groups is 1. The number of aliphatic carboxylic acids is 1. The Kier molecular flexibility index (Phi) is 7.08. The number of ether oxygens (including phenoxy) is 1. The molecule has 0 aliphatic rings. The lowest BCUT2D eigenvalue weighted by Gasteiger charge is -2.23. The monoisotopic (exact) mass is 311 g/mol.